The summed E-state index contributed by atoms with van der Waals surface area (Å²) in [4.78, 5) is 33.4. The van der Waals surface area contributed by atoms with Gasteiger partial charge >= 0.3 is 6.18 Å². The maximum Gasteiger partial charge on any atom is 0.416 e. The number of hydrogen-bond donors (Lipinski definition) is 1. The van der Waals surface area contributed by atoms with Crippen molar-refractivity contribution in [2.75, 3.05) is 5.32 Å². The van der Waals surface area contributed by atoms with Gasteiger partial charge in [0.15, 0.2) is 0 Å². The summed E-state index contributed by atoms with van der Waals surface area (Å²) in [5, 5.41) is 12.9. The molecule has 0 radical (unpaired) electrons. The van der Waals surface area contributed by atoms with Crippen LogP contribution in [0.4, 0.5) is 24.5 Å². The molecule has 1 N–H and O–H groups in total. The van der Waals surface area contributed by atoms with Crippen molar-refractivity contribution in [1.82, 2.24) is 4.57 Å². The second-order valence-corrected chi connectivity index (χ2v) is 4.74. The number of anilines is 1. The Morgan fingerprint density at radius 1 is 1.25 bits per heavy atom. The van der Waals surface area contributed by atoms with E-state index in [1.165, 1.54) is 6.07 Å². The first-order valence-corrected chi connectivity index (χ1v) is 6.49. The van der Waals surface area contributed by atoms with Gasteiger partial charge in [0.25, 0.3) is 11.2 Å². The third kappa shape index (κ3) is 4.18. The molecule has 0 aliphatic heterocycles. The van der Waals surface area contributed by atoms with Crippen molar-refractivity contribution in [3.8, 4) is 0 Å². The van der Waals surface area contributed by atoms with Crippen molar-refractivity contribution in [2.24, 2.45) is 0 Å². The molecular formula is C14H10F3N3O4. The summed E-state index contributed by atoms with van der Waals surface area (Å²) in [6, 6.07) is 5.88. The van der Waals surface area contributed by atoms with Crippen molar-refractivity contribution < 1.29 is 22.9 Å². The molecule has 126 valence electrons. The van der Waals surface area contributed by atoms with Crippen molar-refractivity contribution in [3.63, 3.8) is 0 Å². The van der Waals surface area contributed by atoms with Crippen molar-refractivity contribution in [1.29, 1.82) is 0 Å². The molecule has 0 aliphatic rings. The Hall–Kier alpha value is -3.17. The fourth-order valence-electron chi connectivity index (χ4n) is 1.88. The lowest BCUT2D eigenvalue weighted by Gasteiger charge is -2.10. The van der Waals surface area contributed by atoms with Gasteiger partial charge in [-0.2, -0.15) is 13.2 Å². The molecule has 0 bridgehead atoms. The molecule has 0 unspecified atom stereocenters. The minimum Gasteiger partial charge on any atom is -0.325 e. The zero-order valence-electron chi connectivity index (χ0n) is 11.9. The predicted molar refractivity (Wildman–Crippen MR) is 77.4 cm³/mol. The van der Waals surface area contributed by atoms with Crippen LogP contribution in [0.25, 0.3) is 0 Å². The second kappa shape index (κ2) is 6.52. The van der Waals surface area contributed by atoms with E-state index >= 15 is 0 Å². The lowest BCUT2D eigenvalue weighted by Crippen LogP contribution is -2.27. The van der Waals surface area contributed by atoms with Gasteiger partial charge in [-0.15, -0.1) is 0 Å². The van der Waals surface area contributed by atoms with Gasteiger partial charge in [-0.05, 0) is 18.2 Å². The number of carbonyl (C=O) groups excluding carboxylic acids is 1. The van der Waals surface area contributed by atoms with Crippen LogP contribution >= 0.6 is 0 Å². The highest BCUT2D eigenvalue weighted by Crippen LogP contribution is 2.30. The molecule has 0 saturated heterocycles. The fraction of sp³-hybridized carbons (Fsp3) is 0.143. The van der Waals surface area contributed by atoms with Gasteiger partial charge in [0.1, 0.15) is 6.54 Å². The highest BCUT2D eigenvalue weighted by Gasteiger charge is 2.30. The number of alkyl halides is 3. The van der Waals surface area contributed by atoms with Crippen LogP contribution in [0.1, 0.15) is 5.56 Å². The van der Waals surface area contributed by atoms with Gasteiger partial charge in [-0.1, -0.05) is 6.07 Å². The highest BCUT2D eigenvalue weighted by atomic mass is 19.4. The maximum absolute atomic E-state index is 12.6. The molecule has 10 heteroatoms. The third-order valence-corrected chi connectivity index (χ3v) is 2.97. The van der Waals surface area contributed by atoms with E-state index < -0.39 is 34.7 Å². The highest BCUT2D eigenvalue weighted by molar-refractivity contribution is 5.90. The van der Waals surface area contributed by atoms with E-state index in [2.05, 4.69) is 5.32 Å². The number of amides is 1. The summed E-state index contributed by atoms with van der Waals surface area (Å²) < 4.78 is 38.6. The number of aromatic nitrogens is 1. The van der Waals surface area contributed by atoms with Gasteiger partial charge in [-0.3, -0.25) is 24.3 Å². The molecule has 24 heavy (non-hydrogen) atoms. The minimum absolute atomic E-state index is 0.103. The van der Waals surface area contributed by atoms with E-state index in [-0.39, 0.29) is 11.4 Å². The zero-order chi connectivity index (χ0) is 17.9. The number of nitrogens with one attached hydrogen (secondary N) is 1. The molecule has 0 atom stereocenters. The van der Waals surface area contributed by atoms with Crippen LogP contribution in [0.15, 0.2) is 47.4 Å². The van der Waals surface area contributed by atoms with E-state index in [4.69, 9.17) is 0 Å². The normalized spacial score (nSPS) is 11.1. The van der Waals surface area contributed by atoms with Crippen LogP contribution in [0, 0.1) is 10.1 Å². The topological polar surface area (TPSA) is 94.2 Å². The number of benzene rings is 1. The molecule has 0 aliphatic carbocycles. The number of halogens is 3. The molecular weight excluding hydrogens is 331 g/mol. The molecule has 0 spiro atoms. The predicted octanol–water partition coefficient (Wildman–Crippen LogP) is 2.41. The number of carbonyl (C=O) groups is 1. The summed E-state index contributed by atoms with van der Waals surface area (Å²) in [5.74, 6) is -0.795. The van der Waals surface area contributed by atoms with Crippen LogP contribution in [0.2, 0.25) is 0 Å². The molecule has 1 amide bonds. The van der Waals surface area contributed by atoms with Crippen LogP contribution in [-0.2, 0) is 17.5 Å². The first-order chi connectivity index (χ1) is 11.2. The summed E-state index contributed by atoms with van der Waals surface area (Å²) in [5.41, 5.74) is -2.08. The number of pyridine rings is 1. The van der Waals surface area contributed by atoms with E-state index in [1.807, 2.05) is 0 Å². The van der Waals surface area contributed by atoms with E-state index in [9.17, 15) is 32.9 Å². The monoisotopic (exact) mass is 341 g/mol. The van der Waals surface area contributed by atoms with Crippen molar-refractivity contribution in [3.05, 3.63) is 68.6 Å². The van der Waals surface area contributed by atoms with Gasteiger partial charge in [0.2, 0.25) is 5.91 Å². The lowest BCUT2D eigenvalue weighted by molar-refractivity contribution is -0.385. The molecule has 0 fully saturated rings. The van der Waals surface area contributed by atoms with Crippen LogP contribution in [-0.4, -0.2) is 15.4 Å². The summed E-state index contributed by atoms with van der Waals surface area (Å²) in [6.07, 6.45) is -3.67. The zero-order valence-corrected chi connectivity index (χ0v) is 11.9. The quantitative estimate of drug-likeness (QED) is 0.682. The number of nitrogens with zero attached hydrogens (tertiary/aromatic N) is 2. The van der Waals surface area contributed by atoms with Crippen LogP contribution < -0.4 is 10.9 Å². The third-order valence-electron chi connectivity index (χ3n) is 2.97. The van der Waals surface area contributed by atoms with Crippen LogP contribution in [0.5, 0.6) is 0 Å². The molecule has 7 nitrogen and oxygen atoms in total. The molecule has 1 aromatic carbocycles. The second-order valence-electron chi connectivity index (χ2n) is 4.74. The summed E-state index contributed by atoms with van der Waals surface area (Å²) in [6.45, 7) is -0.573. The van der Waals surface area contributed by atoms with Gasteiger partial charge in [0, 0.05) is 17.8 Å². The summed E-state index contributed by atoms with van der Waals surface area (Å²) >= 11 is 0. The molecule has 0 saturated carbocycles. The number of hydrogen-bond acceptors (Lipinski definition) is 4. The molecule has 1 heterocycles. The first kappa shape index (κ1) is 17.2. The number of rotatable bonds is 4. The van der Waals surface area contributed by atoms with E-state index in [0.29, 0.717) is 0 Å². The van der Waals surface area contributed by atoms with Crippen LogP contribution in [0.3, 0.4) is 0 Å². The molecule has 2 aromatic rings. The smallest absolute Gasteiger partial charge is 0.325 e. The Morgan fingerprint density at radius 3 is 2.58 bits per heavy atom. The van der Waals surface area contributed by atoms with E-state index in [1.54, 1.807) is 0 Å². The molecule has 1 aromatic heterocycles. The Kier molecular flexibility index (Phi) is 4.67. The largest absolute Gasteiger partial charge is 0.416 e. The first-order valence-electron chi connectivity index (χ1n) is 6.49. The van der Waals surface area contributed by atoms with E-state index in [0.717, 1.165) is 41.1 Å². The van der Waals surface area contributed by atoms with Gasteiger partial charge < -0.3 is 5.32 Å². The standard InChI is InChI=1S/C14H10F3N3O4/c15-14(16,17)9-2-1-3-10(6-9)18-12(21)8-19-7-11(20(23)24)4-5-13(19)22/h1-7H,8H2,(H,18,21). The SMILES string of the molecule is O=C(Cn1cc([N+](=O)[O-])ccc1=O)Nc1cccc(C(F)(F)F)c1. The van der Waals surface area contributed by atoms with Gasteiger partial charge in [0.05, 0.1) is 16.7 Å². The summed E-state index contributed by atoms with van der Waals surface area (Å²) in [7, 11) is 0. The lowest BCUT2D eigenvalue weighted by atomic mass is 10.2. The maximum atomic E-state index is 12.6. The average molecular weight is 341 g/mol. The Morgan fingerprint density at radius 2 is 1.96 bits per heavy atom. The Labute approximate surface area is 132 Å². The fourth-order valence-corrected chi connectivity index (χ4v) is 1.88. The minimum atomic E-state index is -4.56. The van der Waals surface area contributed by atoms with Gasteiger partial charge in [-0.25, -0.2) is 0 Å². The molecule has 2 rings (SSSR count). The van der Waals surface area contributed by atoms with Crippen molar-refractivity contribution >= 4 is 17.3 Å². The Balaban J connectivity index is 2.16. The van der Waals surface area contributed by atoms with Crippen molar-refractivity contribution in [2.45, 2.75) is 12.7 Å². The average Bonchev–Trinajstić information content (AvgIpc) is 2.48. The Bertz CT molecular complexity index is 846. The number of nitro groups is 1.